The van der Waals surface area contributed by atoms with Gasteiger partial charge >= 0.3 is 0 Å². The van der Waals surface area contributed by atoms with Gasteiger partial charge in [-0.2, -0.15) is 0 Å². The maximum atomic E-state index is 13.9. The lowest BCUT2D eigenvalue weighted by Gasteiger charge is -2.11. The molecule has 0 saturated carbocycles. The maximum Gasteiger partial charge on any atom is 0.152 e. The van der Waals surface area contributed by atoms with Crippen molar-refractivity contribution in [2.45, 2.75) is 6.92 Å². The fraction of sp³-hybridized carbons (Fsp3) is 0.0714. The predicted octanol–water partition coefficient (Wildman–Crippen LogP) is 4.30. The molecule has 0 atom stereocenters. The van der Waals surface area contributed by atoms with E-state index in [-0.39, 0.29) is 10.7 Å². The molecule has 0 fully saturated rings. The normalized spacial score (nSPS) is 10.4. The van der Waals surface area contributed by atoms with Gasteiger partial charge in [-0.05, 0) is 36.8 Å². The molecule has 104 valence electrons. The second-order valence-electron chi connectivity index (χ2n) is 4.24. The van der Waals surface area contributed by atoms with Gasteiger partial charge < -0.3 is 11.1 Å². The number of nitrogens with two attached hydrogens (primary N) is 1. The highest BCUT2D eigenvalue weighted by molar-refractivity contribution is 7.80. The SMILES string of the molecule is Cc1ccc(F)c(Nc2ccc(C(N)=S)c(Cl)c2)c1F. The summed E-state index contributed by atoms with van der Waals surface area (Å²) in [7, 11) is 0. The molecule has 0 saturated heterocycles. The van der Waals surface area contributed by atoms with Crippen molar-refractivity contribution in [1.29, 1.82) is 0 Å². The van der Waals surface area contributed by atoms with Gasteiger partial charge in [-0.3, -0.25) is 0 Å². The first-order valence-corrected chi connectivity index (χ1v) is 6.49. The molecular formula is C14H11ClF2N2S. The summed E-state index contributed by atoms with van der Waals surface area (Å²) < 4.78 is 27.5. The Balaban J connectivity index is 2.39. The van der Waals surface area contributed by atoms with Gasteiger partial charge in [0.05, 0.1) is 5.02 Å². The first kappa shape index (κ1) is 14.7. The summed E-state index contributed by atoms with van der Waals surface area (Å²) >= 11 is 10.8. The van der Waals surface area contributed by atoms with Crippen molar-refractivity contribution in [3.05, 3.63) is 58.1 Å². The average molecular weight is 313 g/mol. The van der Waals surface area contributed by atoms with Crippen LogP contribution < -0.4 is 11.1 Å². The van der Waals surface area contributed by atoms with Crippen LogP contribution in [-0.4, -0.2) is 4.99 Å². The molecule has 2 aromatic carbocycles. The van der Waals surface area contributed by atoms with Crippen LogP contribution in [0.1, 0.15) is 11.1 Å². The molecule has 0 amide bonds. The van der Waals surface area contributed by atoms with E-state index >= 15 is 0 Å². The highest BCUT2D eigenvalue weighted by atomic mass is 35.5. The Morgan fingerprint density at radius 3 is 2.55 bits per heavy atom. The van der Waals surface area contributed by atoms with E-state index in [2.05, 4.69) is 5.32 Å². The van der Waals surface area contributed by atoms with Crippen LogP contribution >= 0.6 is 23.8 Å². The molecule has 20 heavy (non-hydrogen) atoms. The lowest BCUT2D eigenvalue weighted by atomic mass is 10.1. The molecule has 3 N–H and O–H groups in total. The van der Waals surface area contributed by atoms with E-state index in [9.17, 15) is 8.78 Å². The number of nitrogens with one attached hydrogen (secondary N) is 1. The van der Waals surface area contributed by atoms with Crippen molar-refractivity contribution in [3.8, 4) is 0 Å². The van der Waals surface area contributed by atoms with E-state index in [4.69, 9.17) is 29.6 Å². The number of anilines is 2. The number of hydrogen-bond donors (Lipinski definition) is 2. The summed E-state index contributed by atoms with van der Waals surface area (Å²) in [6.07, 6.45) is 0. The molecule has 2 nitrogen and oxygen atoms in total. The van der Waals surface area contributed by atoms with Crippen LogP contribution in [0.5, 0.6) is 0 Å². The minimum absolute atomic E-state index is 0.162. The lowest BCUT2D eigenvalue weighted by Crippen LogP contribution is -2.10. The molecular weight excluding hydrogens is 302 g/mol. The van der Waals surface area contributed by atoms with Crippen molar-refractivity contribution in [2.24, 2.45) is 5.73 Å². The number of halogens is 3. The molecule has 0 spiro atoms. The van der Waals surface area contributed by atoms with Crippen LogP contribution in [0.4, 0.5) is 20.2 Å². The average Bonchev–Trinajstić information content (AvgIpc) is 2.39. The molecule has 0 aliphatic heterocycles. The van der Waals surface area contributed by atoms with Gasteiger partial charge in [0.25, 0.3) is 0 Å². The fourth-order valence-electron chi connectivity index (χ4n) is 1.71. The van der Waals surface area contributed by atoms with Gasteiger partial charge in [-0.25, -0.2) is 8.78 Å². The minimum Gasteiger partial charge on any atom is -0.389 e. The van der Waals surface area contributed by atoms with Gasteiger partial charge in [0.1, 0.15) is 16.5 Å². The number of thiocarbonyl (C=S) groups is 1. The maximum absolute atomic E-state index is 13.9. The van der Waals surface area contributed by atoms with Crippen molar-refractivity contribution in [2.75, 3.05) is 5.32 Å². The Morgan fingerprint density at radius 1 is 1.25 bits per heavy atom. The highest BCUT2D eigenvalue weighted by Gasteiger charge is 2.12. The molecule has 0 heterocycles. The van der Waals surface area contributed by atoms with Crippen LogP contribution in [-0.2, 0) is 0 Å². The van der Waals surface area contributed by atoms with Crippen LogP contribution in [0, 0.1) is 18.6 Å². The van der Waals surface area contributed by atoms with Crippen molar-refractivity contribution in [1.82, 2.24) is 0 Å². The third-order valence-electron chi connectivity index (χ3n) is 2.79. The molecule has 2 aromatic rings. The van der Waals surface area contributed by atoms with E-state index in [0.717, 1.165) is 0 Å². The van der Waals surface area contributed by atoms with E-state index in [1.165, 1.54) is 18.2 Å². The van der Waals surface area contributed by atoms with E-state index < -0.39 is 11.6 Å². The molecule has 2 rings (SSSR count). The van der Waals surface area contributed by atoms with Crippen LogP contribution in [0.15, 0.2) is 30.3 Å². The van der Waals surface area contributed by atoms with Crippen LogP contribution in [0.2, 0.25) is 5.02 Å². The Morgan fingerprint density at radius 2 is 1.95 bits per heavy atom. The summed E-state index contributed by atoms with van der Waals surface area (Å²) in [6.45, 7) is 1.56. The predicted molar refractivity (Wildman–Crippen MR) is 81.7 cm³/mol. The highest BCUT2D eigenvalue weighted by Crippen LogP contribution is 2.28. The first-order valence-electron chi connectivity index (χ1n) is 5.71. The molecule has 0 unspecified atom stereocenters. The van der Waals surface area contributed by atoms with Crippen molar-refractivity contribution < 1.29 is 8.78 Å². The largest absolute Gasteiger partial charge is 0.389 e. The molecule has 0 bridgehead atoms. The van der Waals surface area contributed by atoms with Gasteiger partial charge in [-0.1, -0.05) is 29.9 Å². The van der Waals surface area contributed by atoms with Gasteiger partial charge in [0.2, 0.25) is 0 Å². The zero-order valence-corrected chi connectivity index (χ0v) is 12.1. The number of rotatable bonds is 3. The summed E-state index contributed by atoms with van der Waals surface area (Å²) in [4.78, 5) is 0.162. The zero-order chi connectivity index (χ0) is 14.9. The number of benzene rings is 2. The zero-order valence-electron chi connectivity index (χ0n) is 10.5. The Kier molecular flexibility index (Phi) is 4.20. The van der Waals surface area contributed by atoms with E-state index in [1.807, 2.05) is 0 Å². The number of hydrogen-bond acceptors (Lipinski definition) is 2. The molecule has 0 aromatic heterocycles. The fourth-order valence-corrected chi connectivity index (χ4v) is 2.22. The van der Waals surface area contributed by atoms with Gasteiger partial charge in [0, 0.05) is 11.3 Å². The Labute approximate surface area is 125 Å². The molecule has 6 heteroatoms. The second-order valence-corrected chi connectivity index (χ2v) is 5.08. The summed E-state index contributed by atoms with van der Waals surface area (Å²) in [6, 6.07) is 7.28. The van der Waals surface area contributed by atoms with Crippen molar-refractivity contribution in [3.63, 3.8) is 0 Å². The van der Waals surface area contributed by atoms with Gasteiger partial charge in [-0.15, -0.1) is 0 Å². The third-order valence-corrected chi connectivity index (χ3v) is 3.32. The smallest absolute Gasteiger partial charge is 0.152 e. The number of aryl methyl sites for hydroxylation is 1. The van der Waals surface area contributed by atoms with Crippen LogP contribution in [0.3, 0.4) is 0 Å². The lowest BCUT2D eigenvalue weighted by molar-refractivity contribution is 0.585. The Hall–Kier alpha value is -1.72. The summed E-state index contributed by atoms with van der Waals surface area (Å²) in [5.41, 5.74) is 6.57. The van der Waals surface area contributed by atoms with E-state index in [1.54, 1.807) is 19.1 Å². The second kappa shape index (κ2) is 5.73. The first-order chi connectivity index (χ1) is 9.40. The van der Waals surface area contributed by atoms with Gasteiger partial charge in [0.15, 0.2) is 5.82 Å². The summed E-state index contributed by atoms with van der Waals surface area (Å²) in [5.74, 6) is -1.32. The van der Waals surface area contributed by atoms with Crippen LogP contribution in [0.25, 0.3) is 0 Å². The quantitative estimate of drug-likeness (QED) is 0.830. The summed E-state index contributed by atoms with van der Waals surface area (Å²) in [5, 5.41) is 2.99. The molecule has 0 aliphatic carbocycles. The third kappa shape index (κ3) is 2.89. The topological polar surface area (TPSA) is 38.0 Å². The van der Waals surface area contributed by atoms with E-state index in [0.29, 0.717) is 21.8 Å². The molecule has 0 radical (unpaired) electrons. The standard InChI is InChI=1S/C14H11ClF2N2S/c1-7-2-5-11(16)13(12(7)17)19-8-3-4-9(14(18)20)10(15)6-8/h2-6,19H,1H3,(H2,18,20). The molecule has 0 aliphatic rings. The monoisotopic (exact) mass is 312 g/mol. The Bertz CT molecular complexity index is 689. The van der Waals surface area contributed by atoms with Crippen molar-refractivity contribution >= 4 is 40.2 Å². The minimum atomic E-state index is -0.678.